The van der Waals surface area contributed by atoms with Crippen LogP contribution in [0, 0.1) is 6.92 Å². The standard InChI is InChI=1S/C17H22N4O2/c1-10-8-14-15(20-21(4)16(14)12(3)23-10)17(22)19-9-13-6-5-7-18-11(13)2/h5-7,10,12H,8-9H2,1-4H3,(H,19,22)/t10-,12+/m1/s1. The van der Waals surface area contributed by atoms with Crippen LogP contribution in [0.3, 0.4) is 0 Å². The van der Waals surface area contributed by atoms with Gasteiger partial charge in [0, 0.05) is 37.5 Å². The highest BCUT2D eigenvalue weighted by Gasteiger charge is 2.31. The van der Waals surface area contributed by atoms with Gasteiger partial charge in [0.1, 0.15) is 0 Å². The molecule has 0 bridgehead atoms. The van der Waals surface area contributed by atoms with E-state index in [1.54, 1.807) is 10.9 Å². The van der Waals surface area contributed by atoms with Gasteiger partial charge >= 0.3 is 0 Å². The zero-order valence-electron chi connectivity index (χ0n) is 14.0. The summed E-state index contributed by atoms with van der Waals surface area (Å²) >= 11 is 0. The molecule has 0 fully saturated rings. The van der Waals surface area contributed by atoms with Crippen LogP contribution in [-0.2, 0) is 24.8 Å². The second kappa shape index (κ2) is 6.12. The Kier molecular flexibility index (Phi) is 4.17. The SMILES string of the molecule is Cc1ncccc1CNC(=O)c1nn(C)c2c1C[C@@H](C)O[C@H]2C. The third-order valence-corrected chi connectivity index (χ3v) is 4.28. The lowest BCUT2D eigenvalue weighted by Crippen LogP contribution is -2.27. The summed E-state index contributed by atoms with van der Waals surface area (Å²) in [5.74, 6) is -0.147. The van der Waals surface area contributed by atoms with Crippen LogP contribution in [0.5, 0.6) is 0 Å². The molecule has 23 heavy (non-hydrogen) atoms. The van der Waals surface area contributed by atoms with Crippen molar-refractivity contribution in [2.24, 2.45) is 7.05 Å². The number of nitrogens with one attached hydrogen (secondary N) is 1. The van der Waals surface area contributed by atoms with Gasteiger partial charge in [0.05, 0.1) is 17.9 Å². The predicted octanol–water partition coefficient (Wildman–Crippen LogP) is 2.08. The first kappa shape index (κ1) is 15.7. The Morgan fingerprint density at radius 2 is 2.26 bits per heavy atom. The van der Waals surface area contributed by atoms with E-state index in [2.05, 4.69) is 15.4 Å². The highest BCUT2D eigenvalue weighted by molar-refractivity contribution is 5.94. The van der Waals surface area contributed by atoms with E-state index in [4.69, 9.17) is 4.74 Å². The molecule has 2 atom stereocenters. The summed E-state index contributed by atoms with van der Waals surface area (Å²) in [5.41, 5.74) is 4.43. The minimum atomic E-state index is -0.147. The maximum atomic E-state index is 12.6. The van der Waals surface area contributed by atoms with Crippen molar-refractivity contribution in [2.45, 2.75) is 45.9 Å². The molecule has 0 saturated heterocycles. The Balaban J connectivity index is 1.81. The van der Waals surface area contributed by atoms with E-state index in [0.29, 0.717) is 18.7 Å². The van der Waals surface area contributed by atoms with Gasteiger partial charge in [0.25, 0.3) is 5.91 Å². The molecule has 6 heteroatoms. The fraction of sp³-hybridized carbons (Fsp3) is 0.471. The molecule has 1 aliphatic rings. The van der Waals surface area contributed by atoms with Crippen molar-refractivity contribution < 1.29 is 9.53 Å². The second-order valence-corrected chi connectivity index (χ2v) is 6.06. The van der Waals surface area contributed by atoms with Crippen molar-refractivity contribution in [1.29, 1.82) is 0 Å². The number of hydrogen-bond acceptors (Lipinski definition) is 4. The molecule has 0 aromatic carbocycles. The highest BCUT2D eigenvalue weighted by Crippen LogP contribution is 2.31. The largest absolute Gasteiger partial charge is 0.369 e. The summed E-state index contributed by atoms with van der Waals surface area (Å²) < 4.78 is 7.59. The Hall–Kier alpha value is -2.21. The van der Waals surface area contributed by atoms with Crippen LogP contribution in [0.25, 0.3) is 0 Å². The summed E-state index contributed by atoms with van der Waals surface area (Å²) in [4.78, 5) is 16.8. The van der Waals surface area contributed by atoms with E-state index in [0.717, 1.165) is 22.5 Å². The predicted molar refractivity (Wildman–Crippen MR) is 86.0 cm³/mol. The molecule has 0 radical (unpaired) electrons. The summed E-state index contributed by atoms with van der Waals surface area (Å²) in [6.07, 6.45) is 2.50. The molecule has 0 aliphatic carbocycles. The number of rotatable bonds is 3. The van der Waals surface area contributed by atoms with Crippen molar-refractivity contribution in [3.8, 4) is 0 Å². The zero-order chi connectivity index (χ0) is 16.6. The first-order valence-electron chi connectivity index (χ1n) is 7.87. The van der Waals surface area contributed by atoms with Crippen LogP contribution in [0.4, 0.5) is 0 Å². The summed E-state index contributed by atoms with van der Waals surface area (Å²) in [5, 5.41) is 7.37. The number of pyridine rings is 1. The number of carbonyl (C=O) groups excluding carboxylic acids is 1. The summed E-state index contributed by atoms with van der Waals surface area (Å²) in [6, 6.07) is 3.84. The summed E-state index contributed by atoms with van der Waals surface area (Å²) in [7, 11) is 1.86. The third kappa shape index (κ3) is 2.99. The number of hydrogen-bond donors (Lipinski definition) is 1. The van der Waals surface area contributed by atoms with E-state index in [1.807, 2.05) is 40.0 Å². The maximum Gasteiger partial charge on any atom is 0.272 e. The molecule has 0 spiro atoms. The number of fused-ring (bicyclic) bond motifs is 1. The van der Waals surface area contributed by atoms with Gasteiger partial charge in [-0.3, -0.25) is 14.5 Å². The second-order valence-electron chi connectivity index (χ2n) is 6.06. The summed E-state index contributed by atoms with van der Waals surface area (Å²) in [6.45, 7) is 6.40. The van der Waals surface area contributed by atoms with Crippen LogP contribution < -0.4 is 5.32 Å². The molecule has 2 aromatic heterocycles. The molecule has 3 rings (SSSR count). The van der Waals surface area contributed by atoms with E-state index in [9.17, 15) is 4.79 Å². The minimum absolute atomic E-state index is 0.0478. The smallest absolute Gasteiger partial charge is 0.272 e. The lowest BCUT2D eigenvalue weighted by molar-refractivity contribution is -0.00903. The third-order valence-electron chi connectivity index (χ3n) is 4.28. The van der Waals surface area contributed by atoms with Crippen molar-refractivity contribution in [3.63, 3.8) is 0 Å². The van der Waals surface area contributed by atoms with Crippen molar-refractivity contribution in [2.75, 3.05) is 0 Å². The van der Waals surface area contributed by atoms with Gasteiger partial charge < -0.3 is 10.1 Å². The highest BCUT2D eigenvalue weighted by atomic mass is 16.5. The molecule has 1 N–H and O–H groups in total. The Morgan fingerprint density at radius 1 is 1.48 bits per heavy atom. The molecule has 3 heterocycles. The van der Waals surface area contributed by atoms with Gasteiger partial charge in [-0.25, -0.2) is 0 Å². The van der Waals surface area contributed by atoms with Crippen LogP contribution in [0.2, 0.25) is 0 Å². The van der Waals surface area contributed by atoms with E-state index < -0.39 is 0 Å². The fourth-order valence-corrected chi connectivity index (χ4v) is 3.19. The van der Waals surface area contributed by atoms with Crippen molar-refractivity contribution in [1.82, 2.24) is 20.1 Å². The molecule has 122 valence electrons. The maximum absolute atomic E-state index is 12.6. The molecular formula is C17H22N4O2. The van der Waals surface area contributed by atoms with Gasteiger partial charge in [-0.15, -0.1) is 0 Å². The molecule has 1 amide bonds. The van der Waals surface area contributed by atoms with Crippen LogP contribution in [0.15, 0.2) is 18.3 Å². The average molecular weight is 314 g/mol. The quantitative estimate of drug-likeness (QED) is 0.941. The van der Waals surface area contributed by atoms with Crippen LogP contribution in [-0.4, -0.2) is 26.8 Å². The normalized spacial score (nSPS) is 20.2. The van der Waals surface area contributed by atoms with Gasteiger partial charge in [0.2, 0.25) is 0 Å². The van der Waals surface area contributed by atoms with Gasteiger partial charge in [-0.1, -0.05) is 6.07 Å². The van der Waals surface area contributed by atoms with Crippen molar-refractivity contribution >= 4 is 5.91 Å². The molecule has 0 unspecified atom stereocenters. The number of nitrogens with zero attached hydrogens (tertiary/aromatic N) is 3. The molecule has 2 aromatic rings. The number of carbonyl (C=O) groups is 1. The molecule has 1 aliphatic heterocycles. The van der Waals surface area contributed by atoms with Gasteiger partial charge in [-0.2, -0.15) is 5.10 Å². The fourth-order valence-electron chi connectivity index (χ4n) is 3.19. The first-order valence-corrected chi connectivity index (χ1v) is 7.87. The van der Waals surface area contributed by atoms with Gasteiger partial charge in [0.15, 0.2) is 5.69 Å². The van der Waals surface area contributed by atoms with Crippen molar-refractivity contribution in [3.05, 3.63) is 46.5 Å². The number of ether oxygens (including phenoxy) is 1. The zero-order valence-corrected chi connectivity index (χ0v) is 14.0. The number of amides is 1. The lowest BCUT2D eigenvalue weighted by atomic mass is 9.99. The topological polar surface area (TPSA) is 69.0 Å². The first-order chi connectivity index (χ1) is 11.0. The van der Waals surface area contributed by atoms with E-state index in [1.165, 1.54) is 0 Å². The lowest BCUT2D eigenvalue weighted by Gasteiger charge is -2.26. The number of aryl methyl sites for hydroxylation is 2. The van der Waals surface area contributed by atoms with Crippen LogP contribution in [0.1, 0.15) is 53.0 Å². The van der Waals surface area contributed by atoms with E-state index in [-0.39, 0.29) is 18.1 Å². The molecule has 0 saturated carbocycles. The monoisotopic (exact) mass is 314 g/mol. The average Bonchev–Trinajstić information content (AvgIpc) is 2.83. The number of aromatic nitrogens is 3. The minimum Gasteiger partial charge on any atom is -0.369 e. The Labute approximate surface area is 135 Å². The Bertz CT molecular complexity index is 738. The Morgan fingerprint density at radius 3 is 3.00 bits per heavy atom. The molecular weight excluding hydrogens is 292 g/mol. The molecule has 6 nitrogen and oxygen atoms in total. The van der Waals surface area contributed by atoms with E-state index >= 15 is 0 Å². The van der Waals surface area contributed by atoms with Gasteiger partial charge in [-0.05, 0) is 32.4 Å². The van der Waals surface area contributed by atoms with Crippen LogP contribution >= 0.6 is 0 Å².